The van der Waals surface area contributed by atoms with Gasteiger partial charge in [0.15, 0.2) is 5.96 Å². The van der Waals surface area contributed by atoms with E-state index in [1.807, 2.05) is 24.3 Å². The molecule has 2 unspecified atom stereocenters. The van der Waals surface area contributed by atoms with Crippen molar-refractivity contribution in [1.29, 1.82) is 0 Å². The summed E-state index contributed by atoms with van der Waals surface area (Å²) in [6.07, 6.45) is 5.72. The zero-order valence-electron chi connectivity index (χ0n) is 16.7. The van der Waals surface area contributed by atoms with E-state index in [0.717, 1.165) is 50.2 Å². The maximum absolute atomic E-state index is 6.00. The van der Waals surface area contributed by atoms with Crippen LogP contribution in [0.15, 0.2) is 41.4 Å². The second-order valence-corrected chi connectivity index (χ2v) is 7.12. The summed E-state index contributed by atoms with van der Waals surface area (Å²) in [5.41, 5.74) is 0. The van der Waals surface area contributed by atoms with Crippen molar-refractivity contribution in [3.05, 3.63) is 36.4 Å². The minimum absolute atomic E-state index is 0.00746. The first-order valence-electron chi connectivity index (χ1n) is 9.92. The van der Waals surface area contributed by atoms with Gasteiger partial charge in [-0.05, 0) is 32.4 Å². The molecule has 3 rings (SSSR count). The largest absolute Gasteiger partial charge is 0.497 e. The van der Waals surface area contributed by atoms with Crippen LogP contribution < -0.4 is 14.8 Å². The molecule has 0 bridgehead atoms. The predicted molar refractivity (Wildman–Crippen MR) is 110 cm³/mol. The highest BCUT2D eigenvalue weighted by molar-refractivity contribution is 5.80. The smallest absolute Gasteiger partial charge is 0.194 e. The van der Waals surface area contributed by atoms with Gasteiger partial charge in [-0.2, -0.15) is 0 Å². The summed E-state index contributed by atoms with van der Waals surface area (Å²) < 4.78 is 11.3. The van der Waals surface area contributed by atoms with E-state index >= 15 is 0 Å². The molecule has 0 radical (unpaired) electrons. The highest BCUT2D eigenvalue weighted by Crippen LogP contribution is 2.20. The molecule has 1 saturated heterocycles. The Morgan fingerprint density at radius 2 is 2.07 bits per heavy atom. The molecular weight excluding hydrogens is 340 g/mol. The summed E-state index contributed by atoms with van der Waals surface area (Å²) in [6, 6.07) is 8.32. The van der Waals surface area contributed by atoms with E-state index in [1.54, 1.807) is 7.11 Å². The number of rotatable bonds is 7. The highest BCUT2D eigenvalue weighted by atomic mass is 16.5. The first-order valence-corrected chi connectivity index (χ1v) is 9.92. The quantitative estimate of drug-likeness (QED) is 0.452. The van der Waals surface area contributed by atoms with Crippen LogP contribution in [0.25, 0.3) is 0 Å². The maximum atomic E-state index is 6.00. The molecule has 0 spiro atoms. The standard InChI is InChI=1S/C21H32N4O2/c1-4-22-21(25-13-10-18(16-25)24-11-5-6-12-24)23-15-17(2)27-20-9-7-8-19(14-20)26-3/h5-9,14,17-18H,4,10-13,15-16H2,1-3H3,(H,22,23). The van der Waals surface area contributed by atoms with Gasteiger partial charge in [-0.3, -0.25) is 4.90 Å². The van der Waals surface area contributed by atoms with Crippen molar-refractivity contribution >= 4 is 5.96 Å². The molecule has 1 aromatic carbocycles. The minimum atomic E-state index is -0.00746. The number of nitrogens with one attached hydrogen (secondary N) is 1. The molecule has 2 atom stereocenters. The fourth-order valence-electron chi connectivity index (χ4n) is 3.61. The maximum Gasteiger partial charge on any atom is 0.194 e. The average molecular weight is 373 g/mol. The van der Waals surface area contributed by atoms with E-state index < -0.39 is 0 Å². The molecular formula is C21H32N4O2. The highest BCUT2D eigenvalue weighted by Gasteiger charge is 2.29. The van der Waals surface area contributed by atoms with E-state index in [0.29, 0.717) is 12.6 Å². The first kappa shape index (κ1) is 19.5. The van der Waals surface area contributed by atoms with Gasteiger partial charge in [0, 0.05) is 44.8 Å². The van der Waals surface area contributed by atoms with Gasteiger partial charge in [-0.25, -0.2) is 4.99 Å². The molecule has 0 aliphatic carbocycles. The lowest BCUT2D eigenvalue weighted by atomic mass is 10.2. The van der Waals surface area contributed by atoms with Gasteiger partial charge in [-0.1, -0.05) is 18.2 Å². The van der Waals surface area contributed by atoms with Crippen LogP contribution in [0.5, 0.6) is 11.5 Å². The predicted octanol–water partition coefficient (Wildman–Crippen LogP) is 2.37. The molecule has 2 heterocycles. The zero-order valence-corrected chi connectivity index (χ0v) is 16.7. The number of nitrogens with zero attached hydrogens (tertiary/aromatic N) is 3. The number of hydrogen-bond acceptors (Lipinski definition) is 4. The van der Waals surface area contributed by atoms with Crippen LogP contribution >= 0.6 is 0 Å². The first-order chi connectivity index (χ1) is 13.2. The van der Waals surface area contributed by atoms with Crippen LogP contribution in [0.4, 0.5) is 0 Å². The second kappa shape index (κ2) is 9.65. The average Bonchev–Trinajstić information content (AvgIpc) is 3.36. The molecule has 1 N–H and O–H groups in total. The number of guanidine groups is 1. The lowest BCUT2D eigenvalue weighted by Crippen LogP contribution is -2.43. The molecule has 27 heavy (non-hydrogen) atoms. The third kappa shape index (κ3) is 5.39. The Bertz CT molecular complexity index is 653. The Morgan fingerprint density at radius 1 is 1.30 bits per heavy atom. The van der Waals surface area contributed by atoms with Crippen molar-refractivity contribution < 1.29 is 9.47 Å². The normalized spacial score (nSPS) is 21.5. The Balaban J connectivity index is 1.55. The number of ether oxygens (including phenoxy) is 2. The van der Waals surface area contributed by atoms with Crippen LogP contribution in [-0.2, 0) is 0 Å². The van der Waals surface area contributed by atoms with Gasteiger partial charge < -0.3 is 19.7 Å². The molecule has 148 valence electrons. The SMILES string of the molecule is CCNC(=NCC(C)Oc1cccc(OC)c1)N1CCC(N2CC=CC2)C1. The third-order valence-electron chi connectivity index (χ3n) is 5.04. The minimum Gasteiger partial charge on any atom is -0.497 e. The van der Waals surface area contributed by atoms with Crippen LogP contribution in [0.1, 0.15) is 20.3 Å². The van der Waals surface area contributed by atoms with Crippen molar-refractivity contribution in [2.75, 3.05) is 46.4 Å². The number of benzene rings is 1. The van der Waals surface area contributed by atoms with Crippen molar-refractivity contribution in [2.45, 2.75) is 32.4 Å². The van der Waals surface area contributed by atoms with Crippen LogP contribution in [0.3, 0.4) is 0 Å². The van der Waals surface area contributed by atoms with Crippen LogP contribution in [0.2, 0.25) is 0 Å². The monoisotopic (exact) mass is 372 g/mol. The summed E-state index contributed by atoms with van der Waals surface area (Å²) in [5, 5.41) is 3.44. The molecule has 0 saturated carbocycles. The molecule has 6 nitrogen and oxygen atoms in total. The fraction of sp³-hybridized carbons (Fsp3) is 0.571. The van der Waals surface area contributed by atoms with Crippen LogP contribution in [-0.4, -0.2) is 74.3 Å². The van der Waals surface area contributed by atoms with Gasteiger partial charge in [-0.15, -0.1) is 0 Å². The fourth-order valence-corrected chi connectivity index (χ4v) is 3.61. The van der Waals surface area contributed by atoms with E-state index in [2.05, 4.69) is 41.1 Å². The summed E-state index contributed by atoms with van der Waals surface area (Å²) >= 11 is 0. The Hall–Kier alpha value is -2.21. The van der Waals surface area contributed by atoms with E-state index in [9.17, 15) is 0 Å². The Labute approximate surface area is 162 Å². The Morgan fingerprint density at radius 3 is 2.81 bits per heavy atom. The number of likely N-dealkylation sites (tertiary alicyclic amines) is 1. The van der Waals surface area contributed by atoms with Crippen molar-refractivity contribution in [1.82, 2.24) is 15.1 Å². The summed E-state index contributed by atoms with van der Waals surface area (Å²) in [7, 11) is 1.66. The summed E-state index contributed by atoms with van der Waals surface area (Å²) in [6.45, 7) is 9.91. The third-order valence-corrected chi connectivity index (χ3v) is 5.04. The lowest BCUT2D eigenvalue weighted by Gasteiger charge is -2.25. The molecule has 1 fully saturated rings. The lowest BCUT2D eigenvalue weighted by molar-refractivity contribution is 0.228. The van der Waals surface area contributed by atoms with Gasteiger partial charge in [0.05, 0.1) is 13.7 Å². The van der Waals surface area contributed by atoms with Gasteiger partial charge in [0.1, 0.15) is 17.6 Å². The van der Waals surface area contributed by atoms with Crippen molar-refractivity contribution in [3.8, 4) is 11.5 Å². The molecule has 1 aromatic rings. The number of aliphatic imine (C=N–C) groups is 1. The molecule has 2 aliphatic rings. The molecule has 0 amide bonds. The summed E-state index contributed by atoms with van der Waals surface area (Å²) in [4.78, 5) is 9.76. The zero-order chi connectivity index (χ0) is 19.1. The topological polar surface area (TPSA) is 49.3 Å². The van der Waals surface area contributed by atoms with E-state index in [-0.39, 0.29) is 6.10 Å². The van der Waals surface area contributed by atoms with Crippen LogP contribution in [0, 0.1) is 0 Å². The van der Waals surface area contributed by atoms with Crippen molar-refractivity contribution in [2.24, 2.45) is 4.99 Å². The second-order valence-electron chi connectivity index (χ2n) is 7.12. The molecule has 0 aromatic heterocycles. The van der Waals surface area contributed by atoms with Gasteiger partial charge >= 0.3 is 0 Å². The number of methoxy groups -OCH3 is 1. The van der Waals surface area contributed by atoms with E-state index in [4.69, 9.17) is 14.5 Å². The number of hydrogen-bond donors (Lipinski definition) is 1. The van der Waals surface area contributed by atoms with Gasteiger partial charge in [0.25, 0.3) is 0 Å². The Kier molecular flexibility index (Phi) is 6.98. The summed E-state index contributed by atoms with van der Waals surface area (Å²) in [5.74, 6) is 2.61. The van der Waals surface area contributed by atoms with E-state index in [1.165, 1.54) is 6.42 Å². The van der Waals surface area contributed by atoms with Crippen molar-refractivity contribution in [3.63, 3.8) is 0 Å². The molecule has 6 heteroatoms. The molecule has 2 aliphatic heterocycles. The van der Waals surface area contributed by atoms with Gasteiger partial charge in [0.2, 0.25) is 0 Å².